The maximum atomic E-state index is 5.26. The summed E-state index contributed by atoms with van der Waals surface area (Å²) in [5, 5.41) is 2.22. The number of hydrogen-bond donors (Lipinski definition) is 0. The first-order valence-corrected chi connectivity index (χ1v) is 46.7. The molecule has 0 aliphatic rings. The number of pyridine rings is 6. The van der Waals surface area contributed by atoms with Crippen molar-refractivity contribution in [2.45, 2.75) is 242 Å². The summed E-state index contributed by atoms with van der Waals surface area (Å²) in [6.45, 7) is 70.0. The van der Waals surface area contributed by atoms with E-state index in [0.717, 1.165) is 123 Å². The van der Waals surface area contributed by atoms with Crippen molar-refractivity contribution in [3.63, 3.8) is 0 Å². The summed E-state index contributed by atoms with van der Waals surface area (Å²) in [4.78, 5) is 63.1. The van der Waals surface area contributed by atoms with E-state index in [1.807, 2.05) is 415 Å². The van der Waals surface area contributed by atoms with Crippen molar-refractivity contribution in [2.24, 2.45) is 21.1 Å². The zero-order valence-electron chi connectivity index (χ0n) is 84.2. The maximum absolute atomic E-state index is 5.26. The number of aryl methyl sites for hydroxylation is 16. The second-order valence-corrected chi connectivity index (χ2v) is 27.0. The van der Waals surface area contributed by atoms with Crippen LogP contribution in [0.2, 0.25) is 0 Å². The van der Waals surface area contributed by atoms with Crippen LogP contribution in [0, 0.1) is 90.0 Å². The number of fused-ring (bicyclic) bond motifs is 10. The van der Waals surface area contributed by atoms with Crippen molar-refractivity contribution in [1.82, 2.24) is 102 Å². The van der Waals surface area contributed by atoms with Crippen LogP contribution in [-0.4, -0.2) is 102 Å². The molecule has 20 rings (SSSR count). The van der Waals surface area contributed by atoms with Crippen molar-refractivity contribution < 1.29 is 8.83 Å². The highest BCUT2D eigenvalue weighted by atomic mass is 32.1. The van der Waals surface area contributed by atoms with Crippen LogP contribution in [0.25, 0.3) is 93.3 Å². The summed E-state index contributed by atoms with van der Waals surface area (Å²) in [6, 6.07) is 49.7. The molecule has 0 atom stereocenters. The van der Waals surface area contributed by atoms with Crippen LogP contribution in [0.1, 0.15) is 225 Å². The highest BCUT2D eigenvalue weighted by Crippen LogP contribution is 2.22. The number of thiazole rings is 2. The van der Waals surface area contributed by atoms with Crippen molar-refractivity contribution in [3.05, 3.63) is 287 Å². The largest absolute Gasteiger partial charge is 0.441 e. The number of aromatic nitrogens is 21. The highest BCUT2D eigenvalue weighted by molar-refractivity contribution is 7.18. The van der Waals surface area contributed by atoms with E-state index in [1.54, 1.807) is 53.7 Å². The van der Waals surface area contributed by atoms with Gasteiger partial charge in [0.25, 0.3) is 0 Å². The summed E-state index contributed by atoms with van der Waals surface area (Å²) >= 11 is 3.42. The summed E-state index contributed by atoms with van der Waals surface area (Å²) in [6.07, 6.45) is 18.5. The minimum Gasteiger partial charge on any atom is -0.441 e. The van der Waals surface area contributed by atoms with Crippen LogP contribution < -0.4 is 0 Å². The maximum Gasteiger partial charge on any atom is 0.233 e. The molecule has 20 aromatic rings. The molecule has 3 aromatic carbocycles. The number of benzene rings is 3. The molecule has 0 N–H and O–H groups in total. The lowest BCUT2D eigenvalue weighted by molar-refractivity contribution is 0.560. The first kappa shape index (κ1) is 115. The summed E-state index contributed by atoms with van der Waals surface area (Å²) < 4.78 is 25.1. The van der Waals surface area contributed by atoms with E-state index in [9.17, 15) is 0 Å². The first-order chi connectivity index (χ1) is 62.1. The van der Waals surface area contributed by atoms with Gasteiger partial charge in [-0.1, -0.05) is 195 Å². The van der Waals surface area contributed by atoms with Crippen LogP contribution in [0.5, 0.6) is 0 Å². The minimum absolute atomic E-state index is 0.661. The summed E-state index contributed by atoms with van der Waals surface area (Å²) in [7, 11) is 5.99. The number of para-hydroxylation sites is 3. The molecule has 23 nitrogen and oxygen atoms in total. The fraction of sp³-hybridized carbons (Fsp3) is 0.369. The average molecular weight is 1780 g/mol. The molecule has 0 radical (unpaired) electrons. The Morgan fingerprint density at radius 2 is 0.711 bits per heavy atom. The van der Waals surface area contributed by atoms with Gasteiger partial charge < -0.3 is 31.3 Å². The van der Waals surface area contributed by atoms with E-state index in [4.69, 9.17) is 8.83 Å². The fourth-order valence-corrected chi connectivity index (χ4v) is 12.4. The monoisotopic (exact) mass is 1780 g/mol. The van der Waals surface area contributed by atoms with Gasteiger partial charge in [-0.25, -0.2) is 69.8 Å². The normalized spacial score (nSPS) is 9.33. The molecule has 0 spiro atoms. The molecule has 0 amide bonds. The smallest absolute Gasteiger partial charge is 0.233 e. The van der Waals surface area contributed by atoms with Gasteiger partial charge in [-0.3, -0.25) is 4.40 Å². The third-order valence-corrected chi connectivity index (χ3v) is 18.6. The molecule has 0 bridgehead atoms. The van der Waals surface area contributed by atoms with Crippen LogP contribution >= 0.6 is 22.7 Å². The van der Waals surface area contributed by atoms with Gasteiger partial charge in [-0.05, 0) is 196 Å². The van der Waals surface area contributed by atoms with Crippen molar-refractivity contribution in [2.75, 3.05) is 0 Å². The molecule has 690 valence electrons. The zero-order chi connectivity index (χ0) is 97.0. The Hall–Kier alpha value is -12.6. The van der Waals surface area contributed by atoms with E-state index in [-0.39, 0.29) is 0 Å². The lowest BCUT2D eigenvalue weighted by atomic mass is 10.2. The molecular weight excluding hydrogens is 1630 g/mol. The van der Waals surface area contributed by atoms with E-state index in [2.05, 4.69) is 133 Å². The molecule has 128 heavy (non-hydrogen) atoms. The van der Waals surface area contributed by atoms with Gasteiger partial charge in [-0.15, -0.1) is 22.7 Å². The van der Waals surface area contributed by atoms with Crippen LogP contribution in [0.4, 0.5) is 0 Å². The number of rotatable bonds is 0. The van der Waals surface area contributed by atoms with Crippen LogP contribution in [0.15, 0.2) is 222 Å². The fourth-order valence-electron chi connectivity index (χ4n) is 10.8. The minimum atomic E-state index is 0.661. The number of imidazole rings is 6. The standard InChI is InChI=1S/C10H12N2.2C9H10N2.2C8H9N3.C8H7NO.C8H7NS.C7H7N3.C7H6N2O.C7H6N2S.11C2H6/c1-7-4-5-9-10(6-7)12(3)8(2)11-9;2*1-7-8(2)11-6-4-3-5-9(11)10-7;2*1-6-10-7-4-3-5-9-8(7)11(6)2;2*1-6-9-7-4-2-3-5-8(7)10-6;1-6-4-9-7-8-2-3-10(7)5-6;2*1-5-9-7-6(10-5)3-2-4-8-7;11*1-2/h4-6H,1-3H3;2*3-6H,1-2H3;2*3-5H,1-2H3;3*2-5H,1H3;2*2-4H,1H3;11*1-2H3. The molecule has 0 fully saturated rings. The van der Waals surface area contributed by atoms with Crippen LogP contribution in [-0.2, 0) is 21.1 Å². The Morgan fingerprint density at radius 3 is 1.21 bits per heavy atom. The van der Waals surface area contributed by atoms with Crippen LogP contribution in [0.3, 0.4) is 0 Å². The molecule has 0 aliphatic heterocycles. The second kappa shape index (κ2) is 65.9. The number of oxazole rings is 2. The van der Waals surface area contributed by atoms with Crippen molar-refractivity contribution in [3.8, 4) is 0 Å². The number of hydrogen-bond acceptors (Lipinski definition) is 19. The van der Waals surface area contributed by atoms with E-state index < -0.39 is 0 Å². The Morgan fingerprint density at radius 1 is 0.297 bits per heavy atom. The Kier molecular flexibility index (Phi) is 59.4. The van der Waals surface area contributed by atoms with Gasteiger partial charge >= 0.3 is 0 Å². The van der Waals surface area contributed by atoms with E-state index >= 15 is 0 Å². The molecule has 0 aliphatic carbocycles. The van der Waals surface area contributed by atoms with E-state index in [1.165, 1.54) is 31.9 Å². The average Bonchev–Trinajstić information content (AvgIpc) is 2.32. The molecule has 17 aromatic heterocycles. The molecular formula is C103H149N21O2S2. The molecule has 17 heterocycles. The molecule has 0 saturated carbocycles. The van der Waals surface area contributed by atoms with Gasteiger partial charge in [0.05, 0.1) is 47.4 Å². The summed E-state index contributed by atoms with van der Waals surface area (Å²) in [5.41, 5.74) is 20.5. The highest BCUT2D eigenvalue weighted by Gasteiger charge is 2.08. The van der Waals surface area contributed by atoms with Gasteiger partial charge in [0.15, 0.2) is 45.5 Å². The lowest BCUT2D eigenvalue weighted by Gasteiger charge is -1.96. The topological polar surface area (TPSA) is 248 Å². The third-order valence-electron chi connectivity index (χ3n) is 16.7. The summed E-state index contributed by atoms with van der Waals surface area (Å²) in [5.74, 6) is 5.20. The van der Waals surface area contributed by atoms with Gasteiger partial charge in [0.1, 0.15) is 45.3 Å². The zero-order valence-corrected chi connectivity index (χ0v) is 85.9. The van der Waals surface area contributed by atoms with Gasteiger partial charge in [0.2, 0.25) is 5.78 Å². The lowest BCUT2D eigenvalue weighted by Crippen LogP contribution is -1.91. The Bertz CT molecular complexity index is 5530. The van der Waals surface area contributed by atoms with Gasteiger partial charge in [0, 0.05) is 108 Å². The molecule has 0 unspecified atom stereocenters. The van der Waals surface area contributed by atoms with E-state index in [0.29, 0.717) is 11.5 Å². The molecule has 25 heteroatoms. The number of nitrogens with zero attached hydrogens (tertiary/aromatic N) is 21. The van der Waals surface area contributed by atoms with Crippen molar-refractivity contribution in [1.29, 1.82) is 0 Å². The van der Waals surface area contributed by atoms with Gasteiger partial charge in [-0.2, -0.15) is 4.98 Å². The quantitative estimate of drug-likeness (QED) is 0.137. The predicted molar refractivity (Wildman–Crippen MR) is 550 cm³/mol. The Balaban J connectivity index is 0.00000137. The van der Waals surface area contributed by atoms with Crippen molar-refractivity contribution >= 4 is 116 Å². The SMILES string of the molecule is CC.CC.CC.CC.CC.CC.CC.CC.CC.CC.CC.Cc1ccc2nc(C)n(C)c2c1.Cc1cnc2nccn2c1.Cc1nc2ccccc2o1.Cc1nc2ccccc2s1.Cc1nc2ccccn2c1C.Cc1nc2ccccn2c1C.Cc1nc2cccnc2n1C.Cc1nc2cccnc2n1C.Cc1nc2ncccc2o1.Cc1nc2ncccc2s1. The second-order valence-electron chi connectivity index (χ2n) is 24.5. The first-order valence-electron chi connectivity index (χ1n) is 45.1. The molecule has 0 saturated heterocycles. The predicted octanol–water partition coefficient (Wildman–Crippen LogP) is 29.2. The Labute approximate surface area is 771 Å². The third kappa shape index (κ3) is 36.0.